The van der Waals surface area contributed by atoms with Gasteiger partial charge < -0.3 is 10.5 Å². The molecule has 0 atom stereocenters. The highest BCUT2D eigenvalue weighted by Crippen LogP contribution is 2.13. The van der Waals surface area contributed by atoms with E-state index in [9.17, 15) is 4.79 Å². The zero-order chi connectivity index (χ0) is 10.7. The van der Waals surface area contributed by atoms with Crippen LogP contribution in [0, 0.1) is 0 Å². The third kappa shape index (κ3) is 1.99. The molecule has 0 radical (unpaired) electrons. The number of nitrogens with one attached hydrogen (secondary N) is 1. The van der Waals surface area contributed by atoms with E-state index in [1.807, 2.05) is 18.2 Å². The Morgan fingerprint density at radius 3 is 2.93 bits per heavy atom. The van der Waals surface area contributed by atoms with Gasteiger partial charge in [-0.25, -0.2) is 0 Å². The Hall–Kier alpha value is -1.81. The Morgan fingerprint density at radius 1 is 1.33 bits per heavy atom. The molecule has 2 rings (SSSR count). The number of aromatic nitrogens is 1. The molecule has 0 fully saturated rings. The number of fused-ring (bicyclic) bond motifs is 1. The summed E-state index contributed by atoms with van der Waals surface area (Å²) in [5, 5.41) is 1.53. The molecular weight excluding hydrogens is 192 g/mol. The molecule has 4 nitrogen and oxygen atoms in total. The fourth-order valence-electron chi connectivity index (χ4n) is 1.43. The number of hydrogen-bond acceptors (Lipinski definition) is 3. The van der Waals surface area contributed by atoms with Crippen LogP contribution in [0.15, 0.2) is 35.1 Å². The summed E-state index contributed by atoms with van der Waals surface area (Å²) in [6.07, 6.45) is 0. The number of aromatic amines is 1. The lowest BCUT2D eigenvalue weighted by Crippen LogP contribution is -2.14. The van der Waals surface area contributed by atoms with Gasteiger partial charge in [-0.15, -0.1) is 0 Å². The minimum Gasteiger partial charge on any atom is -0.478 e. The summed E-state index contributed by atoms with van der Waals surface area (Å²) in [6, 6.07) is 9.17. The molecule has 3 N–H and O–H groups in total. The Labute approximate surface area is 86.7 Å². The number of hydrogen-bond donors (Lipinski definition) is 2. The van der Waals surface area contributed by atoms with E-state index in [1.54, 1.807) is 12.1 Å². The van der Waals surface area contributed by atoms with Gasteiger partial charge in [-0.2, -0.15) is 0 Å². The van der Waals surface area contributed by atoms with Crippen molar-refractivity contribution in [2.45, 2.75) is 0 Å². The monoisotopic (exact) mass is 204 g/mol. The predicted molar refractivity (Wildman–Crippen MR) is 59.1 cm³/mol. The largest absolute Gasteiger partial charge is 0.478 e. The van der Waals surface area contributed by atoms with Crippen LogP contribution in [0.3, 0.4) is 0 Å². The number of rotatable bonds is 3. The molecule has 2 aromatic rings. The van der Waals surface area contributed by atoms with Gasteiger partial charge in [0.05, 0.1) is 0 Å². The lowest BCUT2D eigenvalue weighted by atomic mass is 10.2. The molecule has 0 aliphatic carbocycles. The van der Waals surface area contributed by atoms with Gasteiger partial charge in [0.2, 0.25) is 0 Å². The summed E-state index contributed by atoms with van der Waals surface area (Å²) in [7, 11) is 0. The average Bonchev–Trinajstić information content (AvgIpc) is 2.26. The summed E-state index contributed by atoms with van der Waals surface area (Å²) in [6.45, 7) is 0.823. The highest BCUT2D eigenvalue weighted by atomic mass is 16.5. The second kappa shape index (κ2) is 4.14. The molecule has 0 aliphatic rings. The quantitative estimate of drug-likeness (QED) is 0.779. The number of pyridine rings is 1. The summed E-state index contributed by atoms with van der Waals surface area (Å²) < 4.78 is 5.26. The molecule has 0 spiro atoms. The Balaban J connectivity index is 2.48. The van der Waals surface area contributed by atoms with Crippen LogP contribution in [0.1, 0.15) is 0 Å². The number of benzene rings is 1. The molecule has 1 heterocycles. The first kappa shape index (κ1) is 9.73. The fraction of sp³-hybridized carbons (Fsp3) is 0.182. The molecule has 1 aromatic heterocycles. The normalized spacial score (nSPS) is 10.5. The van der Waals surface area contributed by atoms with Gasteiger partial charge in [0.1, 0.15) is 6.61 Å². The van der Waals surface area contributed by atoms with Crippen LogP contribution in [0.4, 0.5) is 0 Å². The van der Waals surface area contributed by atoms with Crippen molar-refractivity contribution >= 4 is 10.8 Å². The molecule has 15 heavy (non-hydrogen) atoms. The van der Waals surface area contributed by atoms with Crippen molar-refractivity contribution in [2.75, 3.05) is 13.2 Å². The van der Waals surface area contributed by atoms with Gasteiger partial charge >= 0.3 is 0 Å². The van der Waals surface area contributed by atoms with Crippen LogP contribution in [0.5, 0.6) is 5.88 Å². The summed E-state index contributed by atoms with van der Waals surface area (Å²) in [5.74, 6) is 0.462. The Morgan fingerprint density at radius 2 is 2.13 bits per heavy atom. The van der Waals surface area contributed by atoms with E-state index in [1.165, 1.54) is 0 Å². The highest BCUT2D eigenvalue weighted by Gasteiger charge is 2.00. The maximum Gasteiger partial charge on any atom is 0.258 e. The highest BCUT2D eigenvalue weighted by molar-refractivity contribution is 5.82. The van der Waals surface area contributed by atoms with Crippen molar-refractivity contribution < 1.29 is 4.74 Å². The maximum absolute atomic E-state index is 11.6. The minimum absolute atomic E-state index is 0.139. The first-order chi connectivity index (χ1) is 7.31. The molecule has 78 valence electrons. The molecule has 0 saturated carbocycles. The van der Waals surface area contributed by atoms with Crippen LogP contribution in [0.25, 0.3) is 10.8 Å². The van der Waals surface area contributed by atoms with Crippen molar-refractivity contribution in [3.8, 4) is 5.88 Å². The first-order valence-electron chi connectivity index (χ1n) is 4.76. The van der Waals surface area contributed by atoms with Gasteiger partial charge in [-0.1, -0.05) is 18.2 Å². The summed E-state index contributed by atoms with van der Waals surface area (Å²) in [5.41, 5.74) is 5.17. The van der Waals surface area contributed by atoms with Crippen LogP contribution < -0.4 is 16.0 Å². The predicted octanol–water partition coefficient (Wildman–Crippen LogP) is 0.866. The second-order valence-corrected chi connectivity index (χ2v) is 3.19. The molecule has 0 amide bonds. The number of ether oxygens (including phenoxy) is 1. The average molecular weight is 204 g/mol. The fourth-order valence-corrected chi connectivity index (χ4v) is 1.43. The third-order valence-electron chi connectivity index (χ3n) is 2.10. The molecule has 4 heteroatoms. The summed E-state index contributed by atoms with van der Waals surface area (Å²) in [4.78, 5) is 14.2. The second-order valence-electron chi connectivity index (χ2n) is 3.19. The van der Waals surface area contributed by atoms with Crippen LogP contribution in [0.2, 0.25) is 0 Å². The SMILES string of the molecule is NCCOc1cc2ccccc2c(=O)[nH]1. The van der Waals surface area contributed by atoms with Crippen molar-refractivity contribution in [3.63, 3.8) is 0 Å². The summed E-state index contributed by atoms with van der Waals surface area (Å²) >= 11 is 0. The van der Waals surface area contributed by atoms with E-state index in [2.05, 4.69) is 4.98 Å². The van der Waals surface area contributed by atoms with E-state index in [-0.39, 0.29) is 5.56 Å². The van der Waals surface area contributed by atoms with Crippen molar-refractivity contribution in [3.05, 3.63) is 40.7 Å². The smallest absolute Gasteiger partial charge is 0.258 e. The van der Waals surface area contributed by atoms with Crippen molar-refractivity contribution in [2.24, 2.45) is 5.73 Å². The molecule has 0 bridgehead atoms. The van der Waals surface area contributed by atoms with E-state index in [0.717, 1.165) is 5.39 Å². The van der Waals surface area contributed by atoms with Gasteiger partial charge in [0.25, 0.3) is 5.56 Å². The van der Waals surface area contributed by atoms with Crippen LogP contribution in [-0.2, 0) is 0 Å². The molecule has 0 aliphatic heterocycles. The standard InChI is InChI=1S/C11H12N2O2/c12-5-6-15-10-7-8-3-1-2-4-9(8)11(14)13-10/h1-4,7H,5-6,12H2,(H,13,14). The topological polar surface area (TPSA) is 68.1 Å². The van der Waals surface area contributed by atoms with Gasteiger partial charge in [0.15, 0.2) is 5.88 Å². The van der Waals surface area contributed by atoms with Gasteiger partial charge in [-0.05, 0) is 11.5 Å². The van der Waals surface area contributed by atoms with Gasteiger partial charge in [-0.3, -0.25) is 9.78 Å². The van der Waals surface area contributed by atoms with Crippen molar-refractivity contribution in [1.29, 1.82) is 0 Å². The Bertz CT molecular complexity index is 519. The lowest BCUT2D eigenvalue weighted by molar-refractivity contribution is 0.315. The van der Waals surface area contributed by atoms with E-state index >= 15 is 0 Å². The first-order valence-corrected chi connectivity index (χ1v) is 4.76. The zero-order valence-electron chi connectivity index (χ0n) is 8.19. The minimum atomic E-state index is -0.139. The van der Waals surface area contributed by atoms with E-state index < -0.39 is 0 Å². The Kier molecular flexibility index (Phi) is 2.69. The lowest BCUT2D eigenvalue weighted by Gasteiger charge is -2.04. The molecular formula is C11H12N2O2. The third-order valence-corrected chi connectivity index (χ3v) is 2.10. The number of nitrogens with two attached hydrogens (primary N) is 1. The van der Waals surface area contributed by atoms with Gasteiger partial charge in [0, 0.05) is 18.0 Å². The molecule has 0 saturated heterocycles. The van der Waals surface area contributed by atoms with Crippen LogP contribution in [-0.4, -0.2) is 18.1 Å². The van der Waals surface area contributed by atoms with E-state index in [4.69, 9.17) is 10.5 Å². The zero-order valence-corrected chi connectivity index (χ0v) is 8.19. The molecule has 1 aromatic carbocycles. The van der Waals surface area contributed by atoms with E-state index in [0.29, 0.717) is 24.4 Å². The maximum atomic E-state index is 11.6. The molecule has 0 unspecified atom stereocenters. The van der Waals surface area contributed by atoms with Crippen molar-refractivity contribution in [1.82, 2.24) is 4.98 Å². The number of H-pyrrole nitrogens is 1. The van der Waals surface area contributed by atoms with Crippen LogP contribution >= 0.6 is 0 Å².